The molecule has 0 bridgehead atoms. The fourth-order valence-corrected chi connectivity index (χ4v) is 4.56. The molecule has 2 aromatic rings. The van der Waals surface area contributed by atoms with Crippen LogP contribution in [0, 0.1) is 0 Å². The molecule has 1 aromatic carbocycles. The lowest BCUT2D eigenvalue weighted by Crippen LogP contribution is -2.34. The molecule has 1 aliphatic heterocycles. The minimum Gasteiger partial charge on any atom is -0.503 e. The molecule has 1 aromatic heterocycles. The van der Waals surface area contributed by atoms with E-state index in [4.69, 9.17) is 11.6 Å². The Morgan fingerprint density at radius 2 is 2.00 bits per heavy atom. The van der Waals surface area contributed by atoms with Crippen LogP contribution in [-0.2, 0) is 4.79 Å². The van der Waals surface area contributed by atoms with Crippen LogP contribution in [0.2, 0.25) is 5.02 Å². The molecule has 1 atom stereocenters. The molecule has 0 aliphatic carbocycles. The van der Waals surface area contributed by atoms with E-state index < -0.39 is 17.7 Å². The van der Waals surface area contributed by atoms with Crippen molar-refractivity contribution in [2.24, 2.45) is 0 Å². The van der Waals surface area contributed by atoms with Crippen molar-refractivity contribution in [2.75, 3.05) is 26.2 Å². The topological polar surface area (TPSA) is 60.9 Å². The molecule has 3 rings (SSSR count). The Labute approximate surface area is 180 Å². The van der Waals surface area contributed by atoms with Gasteiger partial charge in [-0.2, -0.15) is 0 Å². The molecular formula is C22H25ClN2O3S. The van der Waals surface area contributed by atoms with Crippen LogP contribution in [0.1, 0.15) is 41.5 Å². The Balaban J connectivity index is 1.94. The number of Topliss-reactive ketones (excluding diaryl/α,β-unsaturated/α-hetero) is 1. The van der Waals surface area contributed by atoms with Crippen LogP contribution in [0.25, 0.3) is 0 Å². The Morgan fingerprint density at radius 1 is 1.24 bits per heavy atom. The van der Waals surface area contributed by atoms with E-state index in [1.165, 1.54) is 11.3 Å². The zero-order chi connectivity index (χ0) is 21.0. The Kier molecular flexibility index (Phi) is 7.11. The summed E-state index contributed by atoms with van der Waals surface area (Å²) in [6.07, 6.45) is 0.748. The Morgan fingerprint density at radius 3 is 2.62 bits per heavy atom. The van der Waals surface area contributed by atoms with Crippen molar-refractivity contribution in [3.8, 4) is 0 Å². The molecule has 1 N–H and O–H groups in total. The lowest BCUT2D eigenvalue weighted by atomic mass is 9.95. The van der Waals surface area contributed by atoms with E-state index in [0.717, 1.165) is 31.6 Å². The summed E-state index contributed by atoms with van der Waals surface area (Å²) in [4.78, 5) is 30.4. The Hall–Kier alpha value is -2.15. The number of rotatable bonds is 9. The minimum absolute atomic E-state index is 0.127. The number of nitrogens with zero attached hydrogens (tertiary/aromatic N) is 2. The van der Waals surface area contributed by atoms with E-state index >= 15 is 0 Å². The van der Waals surface area contributed by atoms with Crippen molar-refractivity contribution < 1.29 is 14.7 Å². The number of benzene rings is 1. The average molecular weight is 433 g/mol. The maximum Gasteiger partial charge on any atom is 0.290 e. The molecular weight excluding hydrogens is 408 g/mol. The summed E-state index contributed by atoms with van der Waals surface area (Å²) in [6, 6.07) is 9.96. The van der Waals surface area contributed by atoms with Crippen LogP contribution in [0.5, 0.6) is 0 Å². The van der Waals surface area contributed by atoms with Gasteiger partial charge >= 0.3 is 0 Å². The summed E-state index contributed by atoms with van der Waals surface area (Å²) < 4.78 is 0. The van der Waals surface area contributed by atoms with Gasteiger partial charge in [-0.25, -0.2) is 0 Å². The van der Waals surface area contributed by atoms with E-state index in [1.807, 2.05) is 6.07 Å². The van der Waals surface area contributed by atoms with Crippen LogP contribution in [0.15, 0.2) is 53.1 Å². The van der Waals surface area contributed by atoms with Gasteiger partial charge in [0.15, 0.2) is 5.76 Å². The zero-order valence-electron chi connectivity index (χ0n) is 16.6. The number of carbonyl (C=O) groups is 2. The largest absolute Gasteiger partial charge is 0.503 e. The molecule has 1 aliphatic rings. The van der Waals surface area contributed by atoms with Crippen molar-refractivity contribution in [3.63, 3.8) is 0 Å². The average Bonchev–Trinajstić information content (AvgIpc) is 3.33. The minimum atomic E-state index is -0.646. The summed E-state index contributed by atoms with van der Waals surface area (Å²) in [5.41, 5.74) is 0.847. The molecule has 0 saturated carbocycles. The molecule has 0 unspecified atom stereocenters. The van der Waals surface area contributed by atoms with Gasteiger partial charge < -0.3 is 14.9 Å². The van der Waals surface area contributed by atoms with Crippen molar-refractivity contribution in [1.29, 1.82) is 0 Å². The van der Waals surface area contributed by atoms with Gasteiger partial charge in [0.1, 0.15) is 0 Å². The van der Waals surface area contributed by atoms with Gasteiger partial charge in [0.2, 0.25) is 5.78 Å². The standard InChI is InChI=1S/C22H25ClN2O3S/c1-3-24(4-2)11-7-12-25-19(15-8-5-9-16(23)14-15)18(21(27)22(25)28)20(26)17-10-6-13-29-17/h5-6,8-10,13-14,19,27H,3-4,7,11-12H2,1-2H3/t19-/m1/s1. The van der Waals surface area contributed by atoms with Gasteiger partial charge in [-0.3, -0.25) is 9.59 Å². The molecule has 154 valence electrons. The van der Waals surface area contributed by atoms with Crippen LogP contribution < -0.4 is 0 Å². The van der Waals surface area contributed by atoms with Gasteiger partial charge in [0, 0.05) is 11.6 Å². The number of amides is 1. The zero-order valence-corrected chi connectivity index (χ0v) is 18.2. The molecule has 29 heavy (non-hydrogen) atoms. The van der Waals surface area contributed by atoms with Crippen LogP contribution >= 0.6 is 22.9 Å². The van der Waals surface area contributed by atoms with Crippen molar-refractivity contribution in [2.45, 2.75) is 26.3 Å². The van der Waals surface area contributed by atoms with E-state index in [-0.39, 0.29) is 11.4 Å². The number of ketones is 1. The predicted molar refractivity (Wildman–Crippen MR) is 117 cm³/mol. The third-order valence-electron chi connectivity index (χ3n) is 5.23. The first-order chi connectivity index (χ1) is 14.0. The molecule has 1 amide bonds. The molecule has 0 spiro atoms. The summed E-state index contributed by atoms with van der Waals surface area (Å²) in [5.74, 6) is -1.28. The number of hydrogen-bond donors (Lipinski definition) is 1. The molecule has 5 nitrogen and oxygen atoms in total. The van der Waals surface area contributed by atoms with E-state index in [0.29, 0.717) is 16.4 Å². The van der Waals surface area contributed by atoms with Gasteiger partial charge in [0.25, 0.3) is 5.91 Å². The number of carbonyl (C=O) groups excluding carboxylic acids is 2. The number of aliphatic hydroxyl groups is 1. The highest BCUT2D eigenvalue weighted by Crippen LogP contribution is 2.40. The maximum absolute atomic E-state index is 13.1. The van der Waals surface area contributed by atoms with Gasteiger partial charge in [-0.1, -0.05) is 43.6 Å². The number of aliphatic hydroxyl groups excluding tert-OH is 1. The molecule has 0 saturated heterocycles. The molecule has 0 radical (unpaired) electrons. The molecule has 0 fully saturated rings. The van der Waals surface area contributed by atoms with E-state index in [1.54, 1.807) is 40.6 Å². The summed E-state index contributed by atoms with van der Waals surface area (Å²) >= 11 is 7.48. The van der Waals surface area contributed by atoms with Crippen molar-refractivity contribution >= 4 is 34.6 Å². The number of thiophene rings is 1. The Bertz CT molecular complexity index is 907. The first kappa shape index (κ1) is 21.6. The van der Waals surface area contributed by atoms with Crippen molar-refractivity contribution in [3.05, 3.63) is 68.6 Å². The van der Waals surface area contributed by atoms with Crippen LogP contribution in [-0.4, -0.2) is 52.8 Å². The first-order valence-corrected chi connectivity index (χ1v) is 11.0. The fraction of sp³-hybridized carbons (Fsp3) is 0.364. The lowest BCUT2D eigenvalue weighted by Gasteiger charge is -2.28. The van der Waals surface area contributed by atoms with Crippen molar-refractivity contribution in [1.82, 2.24) is 9.80 Å². The summed E-state index contributed by atoms with van der Waals surface area (Å²) in [6.45, 7) is 7.36. The second-order valence-electron chi connectivity index (χ2n) is 6.91. The van der Waals surface area contributed by atoms with Gasteiger partial charge in [0.05, 0.1) is 16.5 Å². The fourth-order valence-electron chi connectivity index (χ4n) is 3.68. The second kappa shape index (κ2) is 9.57. The summed E-state index contributed by atoms with van der Waals surface area (Å²) in [5, 5.41) is 13.0. The lowest BCUT2D eigenvalue weighted by molar-refractivity contribution is -0.129. The van der Waals surface area contributed by atoms with E-state index in [9.17, 15) is 14.7 Å². The number of halogens is 1. The number of hydrogen-bond acceptors (Lipinski definition) is 5. The van der Waals surface area contributed by atoms with Crippen LogP contribution in [0.4, 0.5) is 0 Å². The monoisotopic (exact) mass is 432 g/mol. The third kappa shape index (κ3) is 4.55. The van der Waals surface area contributed by atoms with E-state index in [2.05, 4.69) is 18.7 Å². The SMILES string of the molecule is CCN(CC)CCCN1C(=O)C(O)=C(C(=O)c2cccs2)[C@H]1c1cccc(Cl)c1. The molecule has 7 heteroatoms. The predicted octanol–water partition coefficient (Wildman–Crippen LogP) is 4.71. The second-order valence-corrected chi connectivity index (χ2v) is 8.29. The highest BCUT2D eigenvalue weighted by Gasteiger charge is 2.43. The maximum atomic E-state index is 13.1. The quantitative estimate of drug-likeness (QED) is 0.583. The smallest absolute Gasteiger partial charge is 0.290 e. The van der Waals surface area contributed by atoms with Crippen LogP contribution in [0.3, 0.4) is 0 Å². The summed E-state index contributed by atoms with van der Waals surface area (Å²) in [7, 11) is 0. The first-order valence-electron chi connectivity index (χ1n) is 9.78. The highest BCUT2D eigenvalue weighted by molar-refractivity contribution is 7.12. The third-order valence-corrected chi connectivity index (χ3v) is 6.33. The molecule has 2 heterocycles. The highest BCUT2D eigenvalue weighted by atomic mass is 35.5. The van der Waals surface area contributed by atoms with Gasteiger partial charge in [-0.15, -0.1) is 11.3 Å². The normalized spacial score (nSPS) is 16.9. The van der Waals surface area contributed by atoms with Gasteiger partial charge in [-0.05, 0) is 55.2 Å².